The van der Waals surface area contributed by atoms with E-state index in [2.05, 4.69) is 20.4 Å². The van der Waals surface area contributed by atoms with Crippen LogP contribution in [-0.4, -0.2) is 32.1 Å². The number of fused-ring (bicyclic) bond motifs is 1. The molecule has 0 aliphatic rings. The first-order valence-corrected chi connectivity index (χ1v) is 6.92. The van der Waals surface area contributed by atoms with E-state index in [4.69, 9.17) is 4.74 Å². The number of aromatic nitrogens is 4. The Balaban J connectivity index is 1.73. The summed E-state index contributed by atoms with van der Waals surface area (Å²) in [6, 6.07) is 7.21. The lowest BCUT2D eigenvalue weighted by Gasteiger charge is -2.02. The van der Waals surface area contributed by atoms with Crippen molar-refractivity contribution in [2.45, 2.75) is 13.5 Å². The van der Waals surface area contributed by atoms with Gasteiger partial charge >= 0.3 is 0 Å². The Morgan fingerprint density at radius 3 is 3.05 bits per heavy atom. The van der Waals surface area contributed by atoms with Gasteiger partial charge in [-0.15, -0.1) is 5.10 Å². The lowest BCUT2D eigenvalue weighted by molar-refractivity contribution is 0.0946. The summed E-state index contributed by atoms with van der Waals surface area (Å²) in [5, 5.41) is 7.03. The molecule has 1 amide bonds. The van der Waals surface area contributed by atoms with Crippen molar-refractivity contribution in [3.8, 4) is 5.88 Å². The van der Waals surface area contributed by atoms with Crippen LogP contribution in [-0.2, 0) is 6.54 Å². The van der Waals surface area contributed by atoms with Gasteiger partial charge in [0.1, 0.15) is 5.69 Å². The summed E-state index contributed by atoms with van der Waals surface area (Å²) < 4.78 is 6.85. The van der Waals surface area contributed by atoms with Gasteiger partial charge in [-0.25, -0.2) is 9.50 Å². The molecular weight excluding hydrogens is 282 g/mol. The summed E-state index contributed by atoms with van der Waals surface area (Å²) in [7, 11) is 0. The molecule has 0 aliphatic heterocycles. The second kappa shape index (κ2) is 6.21. The minimum absolute atomic E-state index is 0.257. The highest BCUT2D eigenvalue weighted by Gasteiger charge is 2.11. The van der Waals surface area contributed by atoms with E-state index in [1.807, 2.05) is 19.1 Å². The Bertz CT molecular complexity index is 785. The minimum Gasteiger partial charge on any atom is -0.477 e. The van der Waals surface area contributed by atoms with Crippen molar-refractivity contribution < 1.29 is 9.53 Å². The number of pyridine rings is 1. The topological polar surface area (TPSA) is 81.4 Å². The summed E-state index contributed by atoms with van der Waals surface area (Å²) in [6.45, 7) is 2.82. The predicted molar refractivity (Wildman–Crippen MR) is 79.6 cm³/mol. The number of imidazole rings is 1. The van der Waals surface area contributed by atoms with Gasteiger partial charge in [-0.3, -0.25) is 9.78 Å². The van der Waals surface area contributed by atoms with E-state index in [0.29, 0.717) is 30.4 Å². The Morgan fingerprint density at radius 1 is 1.36 bits per heavy atom. The molecule has 3 aromatic rings. The van der Waals surface area contributed by atoms with E-state index in [-0.39, 0.29) is 5.91 Å². The van der Waals surface area contributed by atoms with E-state index in [9.17, 15) is 4.79 Å². The Hall–Kier alpha value is -2.96. The van der Waals surface area contributed by atoms with Crippen LogP contribution in [0.3, 0.4) is 0 Å². The zero-order valence-electron chi connectivity index (χ0n) is 12.1. The third-order valence-corrected chi connectivity index (χ3v) is 3.00. The summed E-state index contributed by atoms with van der Waals surface area (Å²) in [5.74, 6) is 0.238. The third-order valence-electron chi connectivity index (χ3n) is 3.00. The van der Waals surface area contributed by atoms with Crippen LogP contribution in [0.15, 0.2) is 42.9 Å². The molecule has 0 saturated carbocycles. The van der Waals surface area contributed by atoms with Gasteiger partial charge in [0.25, 0.3) is 5.91 Å². The van der Waals surface area contributed by atoms with Crippen LogP contribution in [0.5, 0.6) is 5.88 Å². The zero-order valence-corrected chi connectivity index (χ0v) is 12.1. The maximum atomic E-state index is 12.1. The first kappa shape index (κ1) is 14.0. The summed E-state index contributed by atoms with van der Waals surface area (Å²) in [6.07, 6.45) is 4.98. The maximum Gasteiger partial charge on any atom is 0.271 e. The van der Waals surface area contributed by atoms with E-state index >= 15 is 0 Å². The van der Waals surface area contributed by atoms with Crippen molar-refractivity contribution in [2.24, 2.45) is 0 Å². The number of hydrogen-bond donors (Lipinski definition) is 1. The smallest absolute Gasteiger partial charge is 0.271 e. The zero-order chi connectivity index (χ0) is 15.4. The van der Waals surface area contributed by atoms with Crippen LogP contribution in [0.1, 0.15) is 23.0 Å². The van der Waals surface area contributed by atoms with Crippen molar-refractivity contribution in [3.63, 3.8) is 0 Å². The van der Waals surface area contributed by atoms with Gasteiger partial charge in [0, 0.05) is 25.0 Å². The average Bonchev–Trinajstić information content (AvgIpc) is 2.97. The van der Waals surface area contributed by atoms with Gasteiger partial charge in [-0.05, 0) is 24.6 Å². The van der Waals surface area contributed by atoms with Gasteiger partial charge in [0.05, 0.1) is 12.8 Å². The van der Waals surface area contributed by atoms with Crippen LogP contribution >= 0.6 is 0 Å². The molecule has 0 aliphatic carbocycles. The number of ether oxygens (including phenoxy) is 1. The van der Waals surface area contributed by atoms with Crippen LogP contribution in [0.25, 0.3) is 5.65 Å². The highest BCUT2D eigenvalue weighted by molar-refractivity contribution is 5.92. The van der Waals surface area contributed by atoms with Crippen molar-refractivity contribution in [1.29, 1.82) is 0 Å². The monoisotopic (exact) mass is 297 g/mol. The van der Waals surface area contributed by atoms with E-state index in [1.54, 1.807) is 30.7 Å². The molecular formula is C15H15N5O2. The first-order valence-electron chi connectivity index (χ1n) is 6.92. The quantitative estimate of drug-likeness (QED) is 0.771. The molecule has 3 rings (SSSR count). The van der Waals surface area contributed by atoms with Crippen LogP contribution in [0.4, 0.5) is 0 Å². The van der Waals surface area contributed by atoms with Crippen molar-refractivity contribution >= 4 is 11.6 Å². The highest BCUT2D eigenvalue weighted by atomic mass is 16.5. The first-order chi connectivity index (χ1) is 10.8. The summed E-state index contributed by atoms with van der Waals surface area (Å²) >= 11 is 0. The number of rotatable bonds is 5. The fraction of sp³-hybridized carbons (Fsp3) is 0.200. The molecule has 3 heterocycles. The molecule has 0 atom stereocenters. The summed E-state index contributed by atoms with van der Waals surface area (Å²) in [4.78, 5) is 20.4. The second-order valence-corrected chi connectivity index (χ2v) is 4.58. The number of nitrogens with zero attached hydrogens (tertiary/aromatic N) is 4. The van der Waals surface area contributed by atoms with Crippen LogP contribution in [0, 0.1) is 0 Å². The number of carbonyl (C=O) groups is 1. The normalized spacial score (nSPS) is 10.6. The van der Waals surface area contributed by atoms with Crippen molar-refractivity contribution in [2.75, 3.05) is 6.61 Å². The van der Waals surface area contributed by atoms with E-state index < -0.39 is 0 Å². The molecule has 0 spiro atoms. The third kappa shape index (κ3) is 3.03. The molecule has 0 saturated heterocycles. The molecule has 7 nitrogen and oxygen atoms in total. The fourth-order valence-electron chi connectivity index (χ4n) is 1.97. The molecule has 22 heavy (non-hydrogen) atoms. The van der Waals surface area contributed by atoms with Crippen molar-refractivity contribution in [1.82, 2.24) is 24.9 Å². The maximum absolute atomic E-state index is 12.1. The standard InChI is InChI=1S/C15H15N5O2/c1-2-22-14-6-5-13-18-12(10-20(13)19-14)15(21)17-9-11-4-3-7-16-8-11/h3-8,10H,2,9H2,1H3,(H,17,21). The van der Waals surface area contributed by atoms with Crippen LogP contribution < -0.4 is 10.1 Å². The molecule has 1 N–H and O–H groups in total. The minimum atomic E-state index is -0.257. The van der Waals surface area contributed by atoms with Gasteiger partial charge in [0.15, 0.2) is 5.65 Å². The van der Waals surface area contributed by atoms with Gasteiger partial charge in [0.2, 0.25) is 5.88 Å². The van der Waals surface area contributed by atoms with Crippen molar-refractivity contribution in [3.05, 3.63) is 54.1 Å². The number of amides is 1. The highest BCUT2D eigenvalue weighted by Crippen LogP contribution is 2.10. The Kier molecular flexibility index (Phi) is 3.95. The molecule has 0 unspecified atom stereocenters. The second-order valence-electron chi connectivity index (χ2n) is 4.58. The fourth-order valence-corrected chi connectivity index (χ4v) is 1.97. The molecule has 112 valence electrons. The molecule has 7 heteroatoms. The van der Waals surface area contributed by atoms with Gasteiger partial charge in [-0.1, -0.05) is 6.07 Å². The Morgan fingerprint density at radius 2 is 2.27 bits per heavy atom. The number of nitrogens with one attached hydrogen (secondary N) is 1. The average molecular weight is 297 g/mol. The predicted octanol–water partition coefficient (Wildman–Crippen LogP) is 1.45. The SMILES string of the molecule is CCOc1ccc2nc(C(=O)NCc3cccnc3)cn2n1. The van der Waals surface area contributed by atoms with Gasteiger partial charge in [-0.2, -0.15) is 0 Å². The molecule has 0 bridgehead atoms. The number of carbonyl (C=O) groups excluding carboxylic acids is 1. The number of hydrogen-bond acceptors (Lipinski definition) is 5. The Labute approximate surface area is 127 Å². The van der Waals surface area contributed by atoms with E-state index in [0.717, 1.165) is 5.56 Å². The van der Waals surface area contributed by atoms with E-state index in [1.165, 1.54) is 4.52 Å². The molecule has 0 fully saturated rings. The lowest BCUT2D eigenvalue weighted by atomic mass is 10.3. The summed E-state index contributed by atoms with van der Waals surface area (Å²) in [5.41, 5.74) is 1.83. The van der Waals surface area contributed by atoms with Gasteiger partial charge < -0.3 is 10.1 Å². The molecule has 0 aromatic carbocycles. The molecule has 3 aromatic heterocycles. The largest absolute Gasteiger partial charge is 0.477 e. The van der Waals surface area contributed by atoms with Crippen LogP contribution in [0.2, 0.25) is 0 Å². The molecule has 0 radical (unpaired) electrons. The lowest BCUT2D eigenvalue weighted by Crippen LogP contribution is -2.23.